The van der Waals surface area contributed by atoms with Crippen LogP contribution in [-0.4, -0.2) is 23.9 Å². The predicted molar refractivity (Wildman–Crippen MR) is 70.9 cm³/mol. The van der Waals surface area contributed by atoms with Crippen LogP contribution in [0.4, 0.5) is 10.2 Å². The summed E-state index contributed by atoms with van der Waals surface area (Å²) in [7, 11) is 1.62. The zero-order valence-corrected chi connectivity index (χ0v) is 10.8. The molecule has 1 fully saturated rings. The molecular formula is C14H16FN3O. The van der Waals surface area contributed by atoms with E-state index in [2.05, 4.69) is 15.1 Å². The fourth-order valence-corrected chi connectivity index (χ4v) is 2.75. The van der Waals surface area contributed by atoms with E-state index in [0.717, 1.165) is 36.5 Å². The molecule has 100 valence electrons. The normalized spacial score (nSPS) is 18.8. The van der Waals surface area contributed by atoms with E-state index in [0.29, 0.717) is 0 Å². The highest BCUT2D eigenvalue weighted by Gasteiger charge is 2.29. The summed E-state index contributed by atoms with van der Waals surface area (Å²) < 4.78 is 18.9. The highest BCUT2D eigenvalue weighted by Crippen LogP contribution is 2.39. The summed E-state index contributed by atoms with van der Waals surface area (Å²) in [6.07, 6.45) is 3.79. The van der Waals surface area contributed by atoms with Gasteiger partial charge in [0.05, 0.1) is 19.3 Å². The molecule has 4 nitrogen and oxygen atoms in total. The van der Waals surface area contributed by atoms with Crippen LogP contribution in [0.3, 0.4) is 0 Å². The van der Waals surface area contributed by atoms with Gasteiger partial charge < -0.3 is 9.64 Å². The Morgan fingerprint density at radius 1 is 1.42 bits per heavy atom. The molecule has 1 N–H and O–H groups in total. The lowest BCUT2D eigenvalue weighted by Crippen LogP contribution is -2.23. The first-order valence-electron chi connectivity index (χ1n) is 6.39. The van der Waals surface area contributed by atoms with Gasteiger partial charge in [-0.05, 0) is 31.0 Å². The van der Waals surface area contributed by atoms with E-state index in [9.17, 15) is 4.39 Å². The third kappa shape index (κ3) is 2.16. The van der Waals surface area contributed by atoms with Crippen LogP contribution < -0.4 is 9.64 Å². The van der Waals surface area contributed by atoms with Gasteiger partial charge in [0.25, 0.3) is 0 Å². The zero-order chi connectivity index (χ0) is 13.2. The Morgan fingerprint density at radius 2 is 2.32 bits per heavy atom. The molecule has 0 radical (unpaired) electrons. The van der Waals surface area contributed by atoms with E-state index in [1.54, 1.807) is 25.4 Å². The van der Waals surface area contributed by atoms with Crippen LogP contribution >= 0.6 is 0 Å². The van der Waals surface area contributed by atoms with Crippen molar-refractivity contribution in [2.45, 2.75) is 18.9 Å². The summed E-state index contributed by atoms with van der Waals surface area (Å²) in [5.41, 5.74) is 0.898. The molecule has 1 aliphatic heterocycles. The third-order valence-corrected chi connectivity index (χ3v) is 3.60. The van der Waals surface area contributed by atoms with Crippen molar-refractivity contribution < 1.29 is 9.13 Å². The molecule has 0 bridgehead atoms. The fourth-order valence-electron chi connectivity index (χ4n) is 2.75. The van der Waals surface area contributed by atoms with Gasteiger partial charge in [0.15, 0.2) is 0 Å². The molecule has 0 saturated carbocycles. The molecular weight excluding hydrogens is 245 g/mol. The molecule has 3 rings (SSSR count). The number of aromatic amines is 1. The van der Waals surface area contributed by atoms with Crippen molar-refractivity contribution in [3.8, 4) is 5.75 Å². The maximum atomic E-state index is 13.5. The Hall–Kier alpha value is -2.04. The molecule has 0 spiro atoms. The highest BCUT2D eigenvalue weighted by atomic mass is 19.1. The lowest BCUT2D eigenvalue weighted by Gasteiger charge is -2.26. The molecule has 2 aromatic rings. The molecule has 0 unspecified atom stereocenters. The van der Waals surface area contributed by atoms with Gasteiger partial charge in [0.1, 0.15) is 17.4 Å². The number of hydrogen-bond acceptors (Lipinski definition) is 3. The zero-order valence-electron chi connectivity index (χ0n) is 10.8. The Morgan fingerprint density at radius 3 is 3.05 bits per heavy atom. The first-order chi connectivity index (χ1) is 9.29. The van der Waals surface area contributed by atoms with Crippen molar-refractivity contribution in [1.29, 1.82) is 0 Å². The van der Waals surface area contributed by atoms with E-state index in [1.165, 1.54) is 6.07 Å². The molecule has 1 aromatic carbocycles. The van der Waals surface area contributed by atoms with Gasteiger partial charge in [-0.3, -0.25) is 5.10 Å². The summed E-state index contributed by atoms with van der Waals surface area (Å²) in [5, 5.41) is 6.96. The molecule has 1 saturated heterocycles. The number of halogens is 1. The second kappa shape index (κ2) is 4.91. The van der Waals surface area contributed by atoms with Crippen LogP contribution in [-0.2, 0) is 0 Å². The van der Waals surface area contributed by atoms with Gasteiger partial charge >= 0.3 is 0 Å². The summed E-state index contributed by atoms with van der Waals surface area (Å²) in [5.74, 6) is 1.47. The van der Waals surface area contributed by atoms with Crippen LogP contribution in [0.15, 0.2) is 30.5 Å². The van der Waals surface area contributed by atoms with Crippen LogP contribution in [0.1, 0.15) is 24.4 Å². The number of nitrogens with zero attached hydrogens (tertiary/aromatic N) is 2. The van der Waals surface area contributed by atoms with Gasteiger partial charge in [0, 0.05) is 18.2 Å². The summed E-state index contributed by atoms with van der Waals surface area (Å²) in [4.78, 5) is 2.21. The van der Waals surface area contributed by atoms with E-state index in [-0.39, 0.29) is 11.9 Å². The Labute approximate surface area is 111 Å². The molecule has 19 heavy (non-hydrogen) atoms. The minimum absolute atomic E-state index is 0.131. The van der Waals surface area contributed by atoms with Crippen LogP contribution in [0, 0.1) is 5.82 Å². The fraction of sp³-hybridized carbons (Fsp3) is 0.357. The molecule has 5 heteroatoms. The molecule has 2 heterocycles. The lowest BCUT2D eigenvalue weighted by molar-refractivity contribution is 0.404. The monoisotopic (exact) mass is 261 g/mol. The second-order valence-electron chi connectivity index (χ2n) is 4.68. The number of benzene rings is 1. The van der Waals surface area contributed by atoms with Crippen molar-refractivity contribution in [3.63, 3.8) is 0 Å². The Kier molecular flexibility index (Phi) is 3.11. The Balaban J connectivity index is 1.98. The number of methoxy groups -OCH3 is 1. The lowest BCUT2D eigenvalue weighted by atomic mass is 10.0. The molecule has 1 aromatic heterocycles. The topological polar surface area (TPSA) is 41.1 Å². The SMILES string of the molecule is COc1ccc(F)cc1[C@H]1CCCN1c1ccn[nH]1. The average molecular weight is 261 g/mol. The number of ether oxygens (including phenoxy) is 1. The van der Waals surface area contributed by atoms with E-state index >= 15 is 0 Å². The van der Waals surface area contributed by atoms with E-state index < -0.39 is 0 Å². The Bertz CT molecular complexity index is 556. The van der Waals surface area contributed by atoms with Gasteiger partial charge in [-0.2, -0.15) is 5.10 Å². The van der Waals surface area contributed by atoms with Crippen molar-refractivity contribution in [3.05, 3.63) is 41.8 Å². The maximum absolute atomic E-state index is 13.5. The van der Waals surface area contributed by atoms with Crippen LogP contribution in [0.2, 0.25) is 0 Å². The van der Waals surface area contributed by atoms with Gasteiger partial charge in [-0.15, -0.1) is 0 Å². The number of H-pyrrole nitrogens is 1. The first-order valence-corrected chi connectivity index (χ1v) is 6.39. The maximum Gasteiger partial charge on any atom is 0.124 e. The minimum Gasteiger partial charge on any atom is -0.496 e. The quantitative estimate of drug-likeness (QED) is 0.923. The van der Waals surface area contributed by atoms with E-state index in [4.69, 9.17) is 4.74 Å². The molecule has 1 atom stereocenters. The van der Waals surface area contributed by atoms with Crippen molar-refractivity contribution in [2.75, 3.05) is 18.6 Å². The number of rotatable bonds is 3. The van der Waals surface area contributed by atoms with Crippen molar-refractivity contribution in [2.24, 2.45) is 0 Å². The third-order valence-electron chi connectivity index (χ3n) is 3.60. The molecule has 1 aliphatic rings. The van der Waals surface area contributed by atoms with Crippen LogP contribution in [0.5, 0.6) is 5.75 Å². The summed E-state index contributed by atoms with van der Waals surface area (Å²) in [6.45, 7) is 0.937. The standard InChI is InChI=1S/C14H16FN3O/c1-19-13-5-4-10(15)9-11(13)12-3-2-8-18(12)14-6-7-16-17-14/h4-7,9,12H,2-3,8H2,1H3,(H,16,17)/t12-/m1/s1. The molecule has 0 aliphatic carbocycles. The van der Waals surface area contributed by atoms with Gasteiger partial charge in [-0.25, -0.2) is 4.39 Å². The largest absolute Gasteiger partial charge is 0.496 e. The van der Waals surface area contributed by atoms with Crippen LogP contribution in [0.25, 0.3) is 0 Å². The first kappa shape index (κ1) is 12.0. The highest BCUT2D eigenvalue weighted by molar-refractivity contribution is 5.47. The second-order valence-corrected chi connectivity index (χ2v) is 4.68. The minimum atomic E-state index is -0.229. The number of anilines is 1. The van der Waals surface area contributed by atoms with Gasteiger partial charge in [-0.1, -0.05) is 0 Å². The molecule has 0 amide bonds. The predicted octanol–water partition coefficient (Wildman–Crippen LogP) is 2.90. The average Bonchev–Trinajstić information content (AvgIpc) is 3.09. The number of hydrogen-bond donors (Lipinski definition) is 1. The van der Waals surface area contributed by atoms with Crippen molar-refractivity contribution in [1.82, 2.24) is 10.2 Å². The summed E-state index contributed by atoms with van der Waals surface area (Å²) in [6, 6.07) is 6.75. The number of nitrogens with one attached hydrogen (secondary N) is 1. The van der Waals surface area contributed by atoms with E-state index in [1.807, 2.05) is 6.07 Å². The summed E-state index contributed by atoms with van der Waals surface area (Å²) >= 11 is 0. The smallest absolute Gasteiger partial charge is 0.124 e. The number of aromatic nitrogens is 2. The van der Waals surface area contributed by atoms with Crippen molar-refractivity contribution >= 4 is 5.82 Å². The van der Waals surface area contributed by atoms with Gasteiger partial charge in [0.2, 0.25) is 0 Å².